The van der Waals surface area contributed by atoms with Crippen LogP contribution < -0.4 is 10.9 Å². The average Bonchev–Trinajstić information content (AvgIpc) is 2.26. The van der Waals surface area contributed by atoms with Crippen LogP contribution in [-0.4, -0.2) is 40.8 Å². The highest BCUT2D eigenvalue weighted by Gasteiger charge is 2.07. The van der Waals surface area contributed by atoms with Crippen molar-refractivity contribution in [2.75, 3.05) is 25.0 Å². The van der Waals surface area contributed by atoms with Gasteiger partial charge in [0.05, 0.1) is 11.9 Å². The summed E-state index contributed by atoms with van der Waals surface area (Å²) in [4.78, 5) is 13.4. The van der Waals surface area contributed by atoms with Crippen LogP contribution >= 0.6 is 0 Å². The van der Waals surface area contributed by atoms with Crippen molar-refractivity contribution in [3.63, 3.8) is 0 Å². The summed E-state index contributed by atoms with van der Waals surface area (Å²) >= 11 is 0. The minimum atomic E-state index is -0.181. The van der Waals surface area contributed by atoms with Crippen molar-refractivity contribution in [2.24, 2.45) is 0 Å². The molecule has 5 heteroatoms. The fourth-order valence-corrected chi connectivity index (χ4v) is 1.65. The van der Waals surface area contributed by atoms with Gasteiger partial charge in [0.1, 0.15) is 0 Å². The van der Waals surface area contributed by atoms with Crippen LogP contribution in [-0.2, 0) is 0 Å². The molecule has 0 aliphatic rings. The molecule has 0 aromatic carbocycles. The summed E-state index contributed by atoms with van der Waals surface area (Å²) in [6, 6.07) is 1.81. The number of nitrogens with one attached hydrogen (secondary N) is 2. The molecule has 1 atom stereocenters. The second kappa shape index (κ2) is 6.27. The molecule has 1 aromatic rings. The van der Waals surface area contributed by atoms with Gasteiger partial charge in [-0.1, -0.05) is 13.8 Å². The van der Waals surface area contributed by atoms with E-state index in [4.69, 9.17) is 0 Å². The Hall–Kier alpha value is -1.36. The van der Waals surface area contributed by atoms with Gasteiger partial charge in [0.15, 0.2) is 0 Å². The number of rotatable bonds is 6. The Bertz CT molecular complexity index is 359. The second-order valence-corrected chi connectivity index (χ2v) is 3.87. The highest BCUT2D eigenvalue weighted by Crippen LogP contribution is 2.03. The molecule has 1 aromatic heterocycles. The summed E-state index contributed by atoms with van der Waals surface area (Å²) in [5.74, 6) is 0. The second-order valence-electron chi connectivity index (χ2n) is 3.87. The normalized spacial score (nSPS) is 12.8. The zero-order valence-electron chi connectivity index (χ0n) is 10.2. The van der Waals surface area contributed by atoms with Crippen LogP contribution in [0.4, 0.5) is 5.69 Å². The zero-order valence-corrected chi connectivity index (χ0v) is 10.2. The summed E-state index contributed by atoms with van der Waals surface area (Å²) in [5, 5.41) is 9.35. The maximum Gasteiger partial charge on any atom is 0.266 e. The molecular weight excluding hydrogens is 204 g/mol. The molecule has 0 saturated carbocycles. The fourth-order valence-electron chi connectivity index (χ4n) is 1.65. The van der Waals surface area contributed by atoms with Gasteiger partial charge >= 0.3 is 0 Å². The van der Waals surface area contributed by atoms with E-state index in [1.165, 1.54) is 6.07 Å². The number of aromatic amines is 1. The van der Waals surface area contributed by atoms with E-state index in [0.29, 0.717) is 6.04 Å². The lowest BCUT2D eigenvalue weighted by molar-refractivity contribution is 0.295. The van der Waals surface area contributed by atoms with Crippen LogP contribution in [0.15, 0.2) is 17.1 Å². The van der Waals surface area contributed by atoms with E-state index in [0.717, 1.165) is 25.3 Å². The predicted molar refractivity (Wildman–Crippen MR) is 65.7 cm³/mol. The highest BCUT2D eigenvalue weighted by molar-refractivity contribution is 5.39. The van der Waals surface area contributed by atoms with Gasteiger partial charge in [0.25, 0.3) is 5.56 Å². The standard InChI is InChI=1S/C11H20N4O/c1-4-15(5-2)8-9(3)13-10-6-11(16)14-12-7-10/h6-7,9H,4-5,8H2,1-3H3,(H2,13,14,16). The third kappa shape index (κ3) is 4.02. The van der Waals surface area contributed by atoms with E-state index in [2.05, 4.69) is 41.2 Å². The van der Waals surface area contributed by atoms with Gasteiger partial charge in [-0.15, -0.1) is 0 Å². The van der Waals surface area contributed by atoms with Gasteiger partial charge in [-0.05, 0) is 20.0 Å². The lowest BCUT2D eigenvalue weighted by Gasteiger charge is -2.23. The Morgan fingerprint density at radius 3 is 2.75 bits per heavy atom. The monoisotopic (exact) mass is 224 g/mol. The van der Waals surface area contributed by atoms with Gasteiger partial charge in [-0.3, -0.25) is 4.79 Å². The fraction of sp³-hybridized carbons (Fsp3) is 0.636. The number of hydrogen-bond donors (Lipinski definition) is 2. The van der Waals surface area contributed by atoms with Crippen molar-refractivity contribution in [1.29, 1.82) is 0 Å². The minimum absolute atomic E-state index is 0.181. The molecular formula is C11H20N4O. The molecule has 0 spiro atoms. The minimum Gasteiger partial charge on any atom is -0.380 e. The topological polar surface area (TPSA) is 61.0 Å². The molecule has 90 valence electrons. The molecule has 0 saturated heterocycles. The van der Waals surface area contributed by atoms with Gasteiger partial charge in [-0.25, -0.2) is 5.10 Å². The smallest absolute Gasteiger partial charge is 0.266 e. The molecule has 5 nitrogen and oxygen atoms in total. The summed E-state index contributed by atoms with van der Waals surface area (Å²) in [6.45, 7) is 9.42. The van der Waals surface area contributed by atoms with Gasteiger partial charge in [0, 0.05) is 18.7 Å². The van der Waals surface area contributed by atoms with Crippen LogP contribution in [0.2, 0.25) is 0 Å². The third-order valence-corrected chi connectivity index (χ3v) is 2.50. The number of hydrogen-bond acceptors (Lipinski definition) is 4. The summed E-state index contributed by atoms with van der Waals surface area (Å²) < 4.78 is 0. The number of anilines is 1. The van der Waals surface area contributed by atoms with E-state index in [9.17, 15) is 4.79 Å². The first-order chi connectivity index (χ1) is 7.65. The molecule has 0 aliphatic heterocycles. The number of aromatic nitrogens is 2. The van der Waals surface area contributed by atoms with Crippen molar-refractivity contribution in [3.8, 4) is 0 Å². The molecule has 0 aliphatic carbocycles. The highest BCUT2D eigenvalue weighted by atomic mass is 16.1. The average molecular weight is 224 g/mol. The summed E-state index contributed by atoms with van der Waals surface area (Å²) in [6.07, 6.45) is 1.63. The van der Waals surface area contributed by atoms with Crippen molar-refractivity contribution in [3.05, 3.63) is 22.6 Å². The molecule has 1 heterocycles. The Kier molecular flexibility index (Phi) is 4.98. The predicted octanol–water partition coefficient (Wildman–Crippen LogP) is 0.912. The zero-order chi connectivity index (χ0) is 12.0. The van der Waals surface area contributed by atoms with E-state index < -0.39 is 0 Å². The molecule has 1 rings (SSSR count). The number of H-pyrrole nitrogens is 1. The number of likely N-dealkylation sites (N-methyl/N-ethyl adjacent to an activating group) is 1. The first-order valence-corrected chi connectivity index (χ1v) is 5.69. The maximum absolute atomic E-state index is 11.0. The van der Waals surface area contributed by atoms with E-state index in [1.54, 1.807) is 6.20 Å². The van der Waals surface area contributed by atoms with Crippen molar-refractivity contribution in [2.45, 2.75) is 26.8 Å². The first-order valence-electron chi connectivity index (χ1n) is 5.69. The maximum atomic E-state index is 11.0. The van der Waals surface area contributed by atoms with Gasteiger partial charge in [-0.2, -0.15) is 5.10 Å². The Balaban J connectivity index is 2.51. The summed E-state index contributed by atoms with van der Waals surface area (Å²) in [5.41, 5.74) is 0.587. The molecule has 0 bridgehead atoms. The quantitative estimate of drug-likeness (QED) is 0.754. The van der Waals surface area contributed by atoms with Crippen molar-refractivity contribution < 1.29 is 0 Å². The van der Waals surface area contributed by atoms with Crippen molar-refractivity contribution >= 4 is 5.69 Å². The lowest BCUT2D eigenvalue weighted by Crippen LogP contribution is -2.35. The van der Waals surface area contributed by atoms with Crippen LogP contribution in [0.25, 0.3) is 0 Å². The van der Waals surface area contributed by atoms with Gasteiger partial charge in [0.2, 0.25) is 0 Å². The van der Waals surface area contributed by atoms with Crippen LogP contribution in [0.3, 0.4) is 0 Å². The SMILES string of the molecule is CCN(CC)CC(C)Nc1cn[nH]c(=O)c1. The molecule has 2 N–H and O–H groups in total. The first kappa shape index (κ1) is 12.7. The van der Waals surface area contributed by atoms with Crippen molar-refractivity contribution in [1.82, 2.24) is 15.1 Å². The summed E-state index contributed by atoms with van der Waals surface area (Å²) in [7, 11) is 0. The van der Waals surface area contributed by atoms with Gasteiger partial charge < -0.3 is 10.2 Å². The largest absolute Gasteiger partial charge is 0.380 e. The molecule has 0 radical (unpaired) electrons. The van der Waals surface area contributed by atoms with Crippen LogP contribution in [0.1, 0.15) is 20.8 Å². The molecule has 16 heavy (non-hydrogen) atoms. The van der Waals surface area contributed by atoms with E-state index in [-0.39, 0.29) is 5.56 Å². The Morgan fingerprint density at radius 2 is 2.19 bits per heavy atom. The molecule has 0 amide bonds. The van der Waals surface area contributed by atoms with E-state index >= 15 is 0 Å². The van der Waals surface area contributed by atoms with Crippen LogP contribution in [0.5, 0.6) is 0 Å². The Labute approximate surface area is 95.9 Å². The number of nitrogens with zero attached hydrogens (tertiary/aromatic N) is 2. The Morgan fingerprint density at radius 1 is 1.50 bits per heavy atom. The van der Waals surface area contributed by atoms with Crippen LogP contribution in [0, 0.1) is 0 Å². The lowest BCUT2D eigenvalue weighted by atomic mass is 10.3. The third-order valence-electron chi connectivity index (χ3n) is 2.50. The molecule has 0 fully saturated rings. The van der Waals surface area contributed by atoms with E-state index in [1.807, 2.05) is 0 Å². The molecule has 1 unspecified atom stereocenters.